The predicted octanol–water partition coefficient (Wildman–Crippen LogP) is 0.618. The van der Waals surface area contributed by atoms with Crippen molar-refractivity contribution < 1.29 is 19.4 Å². The van der Waals surface area contributed by atoms with Crippen molar-refractivity contribution in [3.8, 4) is 0 Å². The fourth-order valence-corrected chi connectivity index (χ4v) is 2.62. The molecule has 20 heavy (non-hydrogen) atoms. The van der Waals surface area contributed by atoms with Crippen molar-refractivity contribution in [1.82, 2.24) is 10.6 Å². The number of carbonyl (C=O) groups excluding carboxylic acids is 1. The van der Waals surface area contributed by atoms with Gasteiger partial charge in [0.05, 0.1) is 12.0 Å². The zero-order valence-electron chi connectivity index (χ0n) is 12.6. The molecule has 0 aromatic rings. The highest BCUT2D eigenvalue weighted by Gasteiger charge is 2.41. The average Bonchev–Trinajstić information content (AvgIpc) is 2.38. The van der Waals surface area contributed by atoms with Gasteiger partial charge in [0, 0.05) is 7.11 Å². The summed E-state index contributed by atoms with van der Waals surface area (Å²) in [7, 11) is 1.57. The number of amides is 1. The minimum absolute atomic E-state index is 0.200. The van der Waals surface area contributed by atoms with Crippen LogP contribution in [0.4, 0.5) is 0 Å². The first-order valence-electron chi connectivity index (χ1n) is 7.15. The minimum Gasteiger partial charge on any atom is -0.480 e. The van der Waals surface area contributed by atoms with Crippen LogP contribution in [0.1, 0.15) is 33.1 Å². The number of nitrogens with one attached hydrogen (secondary N) is 2. The Balaban J connectivity index is 2.75. The van der Waals surface area contributed by atoms with Gasteiger partial charge in [0.2, 0.25) is 5.91 Å². The number of hydrogen-bond donors (Lipinski definition) is 3. The maximum atomic E-state index is 12.5. The lowest BCUT2D eigenvalue weighted by atomic mass is 9.78. The van der Waals surface area contributed by atoms with E-state index in [1.165, 1.54) is 0 Å². The fourth-order valence-electron chi connectivity index (χ4n) is 2.62. The molecule has 1 rings (SSSR count). The molecule has 0 aromatic heterocycles. The van der Waals surface area contributed by atoms with E-state index in [9.17, 15) is 14.7 Å². The molecule has 0 radical (unpaired) electrons. The van der Waals surface area contributed by atoms with Gasteiger partial charge >= 0.3 is 5.97 Å². The quantitative estimate of drug-likeness (QED) is 0.638. The van der Waals surface area contributed by atoms with Crippen molar-refractivity contribution in [3.63, 3.8) is 0 Å². The molecule has 0 aromatic carbocycles. The number of carboxylic acid groups (broad SMARTS) is 1. The van der Waals surface area contributed by atoms with Crippen LogP contribution in [0.15, 0.2) is 0 Å². The number of aliphatic carboxylic acids is 1. The Hall–Kier alpha value is -1.14. The van der Waals surface area contributed by atoms with Crippen LogP contribution in [-0.4, -0.2) is 49.8 Å². The first-order chi connectivity index (χ1) is 9.41. The molecule has 1 heterocycles. The Morgan fingerprint density at radius 3 is 2.40 bits per heavy atom. The Labute approximate surface area is 120 Å². The van der Waals surface area contributed by atoms with Crippen molar-refractivity contribution in [2.24, 2.45) is 11.3 Å². The molecule has 0 aliphatic carbocycles. The third-order valence-electron chi connectivity index (χ3n) is 3.77. The van der Waals surface area contributed by atoms with Gasteiger partial charge in [-0.1, -0.05) is 13.8 Å². The summed E-state index contributed by atoms with van der Waals surface area (Å²) in [5, 5.41) is 15.1. The summed E-state index contributed by atoms with van der Waals surface area (Å²) in [5.41, 5.74) is -0.606. The lowest BCUT2D eigenvalue weighted by molar-refractivity contribution is -0.146. The molecule has 1 amide bonds. The molecule has 116 valence electrons. The van der Waals surface area contributed by atoms with Crippen LogP contribution >= 0.6 is 0 Å². The van der Waals surface area contributed by atoms with Gasteiger partial charge in [-0.05, 0) is 38.3 Å². The summed E-state index contributed by atoms with van der Waals surface area (Å²) in [6.07, 6.45) is 1.77. The van der Waals surface area contributed by atoms with Crippen LogP contribution in [0.3, 0.4) is 0 Å². The van der Waals surface area contributed by atoms with Crippen LogP contribution in [-0.2, 0) is 14.3 Å². The molecule has 6 heteroatoms. The Bertz CT molecular complexity index is 333. The third-order valence-corrected chi connectivity index (χ3v) is 3.77. The second kappa shape index (κ2) is 7.59. The molecule has 0 saturated carbocycles. The van der Waals surface area contributed by atoms with Crippen LogP contribution < -0.4 is 10.6 Å². The zero-order chi connectivity index (χ0) is 15.2. The lowest BCUT2D eigenvalue weighted by Crippen LogP contribution is -2.54. The number of carboxylic acids is 1. The topological polar surface area (TPSA) is 87.7 Å². The number of methoxy groups -OCH3 is 1. The molecule has 0 bridgehead atoms. The summed E-state index contributed by atoms with van der Waals surface area (Å²) in [6, 6.07) is -0.828. The van der Waals surface area contributed by atoms with E-state index in [-0.39, 0.29) is 11.8 Å². The van der Waals surface area contributed by atoms with E-state index in [0.717, 1.165) is 13.1 Å². The third kappa shape index (κ3) is 4.45. The minimum atomic E-state index is -0.978. The van der Waals surface area contributed by atoms with Crippen molar-refractivity contribution in [2.45, 2.75) is 39.2 Å². The molecule has 3 N–H and O–H groups in total. The molecule has 0 spiro atoms. The fraction of sp³-hybridized carbons (Fsp3) is 0.857. The van der Waals surface area contributed by atoms with E-state index in [2.05, 4.69) is 10.6 Å². The van der Waals surface area contributed by atoms with E-state index in [4.69, 9.17) is 4.74 Å². The first-order valence-corrected chi connectivity index (χ1v) is 7.15. The summed E-state index contributed by atoms with van der Waals surface area (Å²) >= 11 is 0. The molecule has 1 aliphatic rings. The molecule has 1 fully saturated rings. The van der Waals surface area contributed by atoms with Crippen LogP contribution in [0, 0.1) is 11.3 Å². The number of ether oxygens (including phenoxy) is 1. The summed E-state index contributed by atoms with van der Waals surface area (Å²) in [4.78, 5) is 23.8. The maximum absolute atomic E-state index is 12.5. The van der Waals surface area contributed by atoms with Crippen molar-refractivity contribution in [1.29, 1.82) is 0 Å². The molecule has 1 atom stereocenters. The van der Waals surface area contributed by atoms with Gasteiger partial charge in [-0.15, -0.1) is 0 Å². The van der Waals surface area contributed by atoms with Gasteiger partial charge in [0.15, 0.2) is 0 Å². The lowest BCUT2D eigenvalue weighted by Gasteiger charge is -2.36. The Kier molecular flexibility index (Phi) is 6.42. The second-order valence-electron chi connectivity index (χ2n) is 5.96. The number of piperidine rings is 1. The van der Waals surface area contributed by atoms with Crippen LogP contribution in [0.25, 0.3) is 0 Å². The van der Waals surface area contributed by atoms with Crippen LogP contribution in [0.5, 0.6) is 0 Å². The Morgan fingerprint density at radius 2 is 1.95 bits per heavy atom. The molecule has 6 nitrogen and oxygen atoms in total. The van der Waals surface area contributed by atoms with Gasteiger partial charge in [-0.3, -0.25) is 4.79 Å². The summed E-state index contributed by atoms with van der Waals surface area (Å²) in [6.45, 7) is 5.71. The largest absolute Gasteiger partial charge is 0.480 e. The molecule has 1 aliphatic heterocycles. The molecule has 1 unspecified atom stereocenters. The van der Waals surface area contributed by atoms with Crippen molar-refractivity contribution >= 4 is 11.9 Å². The monoisotopic (exact) mass is 286 g/mol. The van der Waals surface area contributed by atoms with E-state index in [1.54, 1.807) is 7.11 Å². The highest BCUT2D eigenvalue weighted by molar-refractivity contribution is 5.87. The smallest absolute Gasteiger partial charge is 0.326 e. The van der Waals surface area contributed by atoms with Gasteiger partial charge in [-0.25, -0.2) is 4.79 Å². The second-order valence-corrected chi connectivity index (χ2v) is 5.96. The van der Waals surface area contributed by atoms with Gasteiger partial charge in [0.1, 0.15) is 6.04 Å². The highest BCUT2D eigenvalue weighted by Crippen LogP contribution is 2.29. The Morgan fingerprint density at radius 1 is 1.35 bits per heavy atom. The average molecular weight is 286 g/mol. The van der Waals surface area contributed by atoms with Crippen molar-refractivity contribution in [3.05, 3.63) is 0 Å². The zero-order valence-corrected chi connectivity index (χ0v) is 12.6. The maximum Gasteiger partial charge on any atom is 0.326 e. The molecule has 1 saturated heterocycles. The molecular weight excluding hydrogens is 260 g/mol. The number of rotatable bonds is 7. The van der Waals surface area contributed by atoms with E-state index in [1.807, 2.05) is 13.8 Å². The van der Waals surface area contributed by atoms with E-state index in [0.29, 0.717) is 25.9 Å². The van der Waals surface area contributed by atoms with Gasteiger partial charge < -0.3 is 20.5 Å². The SMILES string of the molecule is COCC1(C(=O)NC(CC(C)C)C(=O)O)CCNCC1. The first kappa shape index (κ1) is 16.9. The van der Waals surface area contributed by atoms with Gasteiger partial charge in [0.25, 0.3) is 0 Å². The molecular formula is C14H26N2O4. The predicted molar refractivity (Wildman–Crippen MR) is 75.4 cm³/mol. The van der Waals surface area contributed by atoms with Crippen LogP contribution in [0.2, 0.25) is 0 Å². The summed E-state index contributed by atoms with van der Waals surface area (Å²) < 4.78 is 5.19. The summed E-state index contributed by atoms with van der Waals surface area (Å²) in [5.74, 6) is -0.967. The number of hydrogen-bond acceptors (Lipinski definition) is 4. The van der Waals surface area contributed by atoms with E-state index >= 15 is 0 Å². The van der Waals surface area contributed by atoms with E-state index < -0.39 is 17.4 Å². The normalized spacial score (nSPS) is 19.6. The highest BCUT2D eigenvalue weighted by atomic mass is 16.5. The number of carbonyl (C=O) groups is 2. The van der Waals surface area contributed by atoms with Gasteiger partial charge in [-0.2, -0.15) is 0 Å². The van der Waals surface area contributed by atoms with Crippen molar-refractivity contribution in [2.75, 3.05) is 26.8 Å². The standard InChI is InChI=1S/C14H26N2O4/c1-10(2)8-11(12(17)18)16-13(19)14(9-20-3)4-6-15-7-5-14/h10-11,15H,4-9H2,1-3H3,(H,16,19)(H,17,18).